The molecule has 1 amide bonds. The van der Waals surface area contributed by atoms with Gasteiger partial charge in [-0.25, -0.2) is 5.43 Å². The Bertz CT molecular complexity index is 832. The third-order valence-corrected chi connectivity index (χ3v) is 3.17. The zero-order valence-electron chi connectivity index (χ0n) is 11.2. The van der Waals surface area contributed by atoms with Crippen LogP contribution in [-0.2, 0) is 7.05 Å². The standard InChI is InChI=1S/C15H12ClN3O2/c1-19-5-4-10(9-19)8-17-18-15(20)14-7-11-6-12(16)2-3-13(11)21-14/h2-9H,1H3,(H,18,20)/b17-8-. The minimum Gasteiger partial charge on any atom is -0.451 e. The normalized spacial score (nSPS) is 11.3. The lowest BCUT2D eigenvalue weighted by atomic mass is 10.2. The molecule has 0 fully saturated rings. The van der Waals surface area contributed by atoms with Crippen molar-refractivity contribution in [3.8, 4) is 0 Å². The Morgan fingerprint density at radius 3 is 3.00 bits per heavy atom. The summed E-state index contributed by atoms with van der Waals surface area (Å²) in [5.74, 6) is -0.216. The predicted molar refractivity (Wildman–Crippen MR) is 81.7 cm³/mol. The topological polar surface area (TPSA) is 59.5 Å². The smallest absolute Gasteiger partial charge is 0.307 e. The second-order valence-electron chi connectivity index (χ2n) is 4.60. The van der Waals surface area contributed by atoms with Crippen LogP contribution < -0.4 is 5.43 Å². The molecule has 2 heterocycles. The third-order valence-electron chi connectivity index (χ3n) is 2.94. The molecule has 5 nitrogen and oxygen atoms in total. The quantitative estimate of drug-likeness (QED) is 0.596. The van der Waals surface area contributed by atoms with Gasteiger partial charge in [-0.3, -0.25) is 4.79 Å². The number of aryl methyl sites for hydroxylation is 1. The molecule has 106 valence electrons. The molecule has 0 aliphatic heterocycles. The molecule has 0 radical (unpaired) electrons. The van der Waals surface area contributed by atoms with Crippen molar-refractivity contribution in [2.24, 2.45) is 12.1 Å². The monoisotopic (exact) mass is 301 g/mol. The maximum Gasteiger partial charge on any atom is 0.307 e. The molecule has 1 aromatic carbocycles. The zero-order chi connectivity index (χ0) is 14.8. The molecule has 3 rings (SSSR count). The molecule has 21 heavy (non-hydrogen) atoms. The van der Waals surface area contributed by atoms with Crippen LogP contribution in [0.5, 0.6) is 0 Å². The molecule has 6 heteroatoms. The van der Waals surface area contributed by atoms with E-state index in [2.05, 4.69) is 10.5 Å². The highest BCUT2D eigenvalue weighted by molar-refractivity contribution is 6.31. The molecule has 1 N–H and O–H groups in total. The summed E-state index contributed by atoms with van der Waals surface area (Å²) in [7, 11) is 1.91. The lowest BCUT2D eigenvalue weighted by molar-refractivity contribution is 0.0929. The number of furan rings is 1. The number of aromatic nitrogens is 1. The molecule has 0 saturated heterocycles. The van der Waals surface area contributed by atoms with Crippen molar-refractivity contribution >= 4 is 34.7 Å². The van der Waals surface area contributed by atoms with Crippen LogP contribution in [0.4, 0.5) is 0 Å². The lowest BCUT2D eigenvalue weighted by Crippen LogP contribution is -2.16. The van der Waals surface area contributed by atoms with Gasteiger partial charge in [-0.15, -0.1) is 0 Å². The first-order valence-electron chi connectivity index (χ1n) is 6.26. The van der Waals surface area contributed by atoms with Gasteiger partial charge in [0.15, 0.2) is 5.76 Å². The Morgan fingerprint density at radius 1 is 1.38 bits per heavy atom. The van der Waals surface area contributed by atoms with E-state index < -0.39 is 5.91 Å². The van der Waals surface area contributed by atoms with Gasteiger partial charge in [0.2, 0.25) is 0 Å². The van der Waals surface area contributed by atoms with E-state index in [1.165, 1.54) is 0 Å². The van der Waals surface area contributed by atoms with E-state index in [1.54, 1.807) is 30.5 Å². The number of benzene rings is 1. The largest absolute Gasteiger partial charge is 0.451 e. The molecule has 0 atom stereocenters. The van der Waals surface area contributed by atoms with Crippen LogP contribution in [-0.4, -0.2) is 16.7 Å². The summed E-state index contributed by atoms with van der Waals surface area (Å²) in [4.78, 5) is 11.9. The van der Waals surface area contributed by atoms with Crippen LogP contribution in [0.15, 0.2) is 52.2 Å². The van der Waals surface area contributed by atoms with Crippen molar-refractivity contribution in [1.29, 1.82) is 0 Å². The number of nitrogens with zero attached hydrogens (tertiary/aromatic N) is 2. The van der Waals surface area contributed by atoms with E-state index >= 15 is 0 Å². The molecular formula is C15H12ClN3O2. The summed E-state index contributed by atoms with van der Waals surface area (Å²) < 4.78 is 7.34. The average Bonchev–Trinajstić information content (AvgIpc) is 3.04. The van der Waals surface area contributed by atoms with Gasteiger partial charge in [0.1, 0.15) is 5.58 Å². The zero-order valence-corrected chi connectivity index (χ0v) is 12.0. The molecular weight excluding hydrogens is 290 g/mol. The van der Waals surface area contributed by atoms with Crippen LogP contribution >= 0.6 is 11.6 Å². The van der Waals surface area contributed by atoms with E-state index in [0.29, 0.717) is 10.6 Å². The summed E-state index contributed by atoms with van der Waals surface area (Å²) >= 11 is 5.89. The molecule has 0 unspecified atom stereocenters. The number of fused-ring (bicyclic) bond motifs is 1. The van der Waals surface area contributed by atoms with E-state index in [4.69, 9.17) is 16.0 Å². The van der Waals surface area contributed by atoms with Gasteiger partial charge in [0, 0.05) is 35.4 Å². The van der Waals surface area contributed by atoms with E-state index in [9.17, 15) is 4.79 Å². The summed E-state index contributed by atoms with van der Waals surface area (Å²) in [5.41, 5.74) is 3.93. The van der Waals surface area contributed by atoms with Crippen molar-refractivity contribution in [2.45, 2.75) is 0 Å². The molecule has 0 saturated carbocycles. The van der Waals surface area contributed by atoms with Gasteiger partial charge in [-0.05, 0) is 30.3 Å². The number of hydrazone groups is 1. The maximum atomic E-state index is 11.9. The molecule has 2 aromatic heterocycles. The number of carbonyl (C=O) groups excluding carboxylic acids is 1. The minimum atomic E-state index is -0.408. The maximum absolute atomic E-state index is 11.9. The minimum absolute atomic E-state index is 0.192. The van der Waals surface area contributed by atoms with Crippen molar-refractivity contribution in [3.05, 3.63) is 59.1 Å². The Hall–Kier alpha value is -2.53. The van der Waals surface area contributed by atoms with Gasteiger partial charge >= 0.3 is 5.91 Å². The average molecular weight is 302 g/mol. The first-order chi connectivity index (χ1) is 10.1. The van der Waals surface area contributed by atoms with E-state index in [0.717, 1.165) is 10.9 Å². The Morgan fingerprint density at radius 2 is 2.24 bits per heavy atom. The predicted octanol–water partition coefficient (Wildman–Crippen LogP) is 3.19. The fraction of sp³-hybridized carbons (Fsp3) is 0.0667. The summed E-state index contributed by atoms with van der Waals surface area (Å²) in [6.45, 7) is 0. The Kier molecular flexibility index (Phi) is 3.50. The first-order valence-corrected chi connectivity index (χ1v) is 6.64. The number of hydrogen-bond acceptors (Lipinski definition) is 3. The molecule has 3 aromatic rings. The third kappa shape index (κ3) is 2.98. The highest BCUT2D eigenvalue weighted by Crippen LogP contribution is 2.22. The summed E-state index contributed by atoms with van der Waals surface area (Å²) in [6.07, 6.45) is 5.35. The first kappa shape index (κ1) is 13.5. The number of rotatable bonds is 3. The molecule has 0 bridgehead atoms. The Balaban J connectivity index is 1.73. The highest BCUT2D eigenvalue weighted by Gasteiger charge is 2.11. The van der Waals surface area contributed by atoms with Crippen LogP contribution in [0.3, 0.4) is 0 Å². The van der Waals surface area contributed by atoms with Gasteiger partial charge in [0.25, 0.3) is 0 Å². The fourth-order valence-electron chi connectivity index (χ4n) is 1.95. The van der Waals surface area contributed by atoms with Crippen LogP contribution in [0, 0.1) is 0 Å². The van der Waals surface area contributed by atoms with E-state index in [1.807, 2.05) is 30.1 Å². The van der Waals surface area contributed by atoms with Crippen molar-refractivity contribution < 1.29 is 9.21 Å². The number of amides is 1. The van der Waals surface area contributed by atoms with Crippen molar-refractivity contribution in [1.82, 2.24) is 9.99 Å². The SMILES string of the molecule is Cn1ccc(/C=N\NC(=O)c2cc3cc(Cl)ccc3o2)c1. The number of hydrogen-bond donors (Lipinski definition) is 1. The van der Waals surface area contributed by atoms with Crippen molar-refractivity contribution in [3.63, 3.8) is 0 Å². The lowest BCUT2D eigenvalue weighted by Gasteiger charge is -1.94. The molecule has 0 spiro atoms. The van der Waals surface area contributed by atoms with Gasteiger partial charge in [-0.2, -0.15) is 5.10 Å². The highest BCUT2D eigenvalue weighted by atomic mass is 35.5. The van der Waals surface area contributed by atoms with Crippen LogP contribution in [0.2, 0.25) is 5.02 Å². The van der Waals surface area contributed by atoms with Gasteiger partial charge in [0.05, 0.1) is 6.21 Å². The second-order valence-corrected chi connectivity index (χ2v) is 5.04. The van der Waals surface area contributed by atoms with Crippen molar-refractivity contribution in [2.75, 3.05) is 0 Å². The fourth-order valence-corrected chi connectivity index (χ4v) is 2.13. The number of nitrogens with one attached hydrogen (secondary N) is 1. The molecule has 0 aliphatic carbocycles. The number of halogens is 1. The Labute approximate surface area is 125 Å². The van der Waals surface area contributed by atoms with Gasteiger partial charge in [-0.1, -0.05) is 11.6 Å². The number of carbonyl (C=O) groups is 1. The summed E-state index contributed by atoms with van der Waals surface area (Å²) in [5, 5.41) is 5.27. The van der Waals surface area contributed by atoms with Gasteiger partial charge < -0.3 is 8.98 Å². The van der Waals surface area contributed by atoms with Crippen LogP contribution in [0.25, 0.3) is 11.0 Å². The second kappa shape index (κ2) is 5.46. The molecule has 0 aliphatic rings. The summed E-state index contributed by atoms with van der Waals surface area (Å²) in [6, 6.07) is 8.70. The van der Waals surface area contributed by atoms with Crippen LogP contribution in [0.1, 0.15) is 16.1 Å². The van der Waals surface area contributed by atoms with E-state index in [-0.39, 0.29) is 5.76 Å².